The SMILES string of the molecule is IB=NI. The fourth-order valence-electron chi connectivity index (χ4n) is 0. The van der Waals surface area contributed by atoms with Crippen LogP contribution in [-0.4, -0.2) is 4.93 Å². The Morgan fingerprint density at radius 3 is 2.00 bits per heavy atom. The number of halogens is 2. The zero-order valence-electron chi connectivity index (χ0n) is 1.78. The first-order valence-electron chi connectivity index (χ1n) is 0.645. The molecule has 4 heavy (non-hydrogen) atoms. The van der Waals surface area contributed by atoms with Crippen LogP contribution in [0.1, 0.15) is 0 Å². The topological polar surface area (TPSA) is 12.4 Å². The minimum atomic E-state index is 1.71. The third kappa shape index (κ3) is 3.32. The minimum absolute atomic E-state index is 1.71. The van der Waals surface area contributed by atoms with Crippen LogP contribution in [0.3, 0.4) is 0 Å². The zero-order chi connectivity index (χ0) is 3.41. The zero-order valence-corrected chi connectivity index (χ0v) is 6.10. The molecule has 0 aliphatic heterocycles. The molecule has 0 N–H and O–H groups in total. The monoisotopic (exact) mass is 279 g/mol. The molecular weight excluding hydrogens is 279 g/mol. The third-order valence-electron chi connectivity index (χ3n) is 0.0369. The van der Waals surface area contributed by atoms with Crippen molar-refractivity contribution in [3.05, 3.63) is 0 Å². The molecule has 0 aromatic rings. The third-order valence-corrected chi connectivity index (χ3v) is 1.66. The van der Waals surface area contributed by atoms with Gasteiger partial charge in [0.25, 0.3) is 0 Å². The number of rotatable bonds is 0. The predicted molar refractivity (Wildman–Crippen MR) is 36.2 cm³/mol. The van der Waals surface area contributed by atoms with Crippen molar-refractivity contribution < 1.29 is 0 Å². The van der Waals surface area contributed by atoms with E-state index in [1.54, 1.807) is 4.93 Å². The van der Waals surface area contributed by atoms with Crippen LogP contribution in [0, 0.1) is 0 Å². The first-order valence-corrected chi connectivity index (χ1v) is 2.86. The molecule has 0 radical (unpaired) electrons. The molecule has 0 saturated heterocycles. The molecule has 0 unspecified atom stereocenters. The van der Waals surface area contributed by atoms with Crippen molar-refractivity contribution in [1.82, 2.24) is 0 Å². The van der Waals surface area contributed by atoms with Crippen molar-refractivity contribution >= 4 is 50.2 Å². The molecule has 0 fully saturated rings. The van der Waals surface area contributed by atoms with Crippen LogP contribution in [0.25, 0.3) is 0 Å². The average molecular weight is 279 g/mol. The van der Waals surface area contributed by atoms with E-state index >= 15 is 0 Å². The molecule has 0 spiro atoms. The summed E-state index contributed by atoms with van der Waals surface area (Å²) in [7, 11) is 0. The fourth-order valence-corrected chi connectivity index (χ4v) is 0. The normalized spacial score (nSPS) is 7.50. The van der Waals surface area contributed by atoms with E-state index in [9.17, 15) is 0 Å². The number of hydrogen-bond donors (Lipinski definition) is 0. The van der Waals surface area contributed by atoms with Gasteiger partial charge < -0.3 is 0 Å². The van der Waals surface area contributed by atoms with Crippen LogP contribution in [-0.2, 0) is 0 Å². The summed E-state index contributed by atoms with van der Waals surface area (Å²) in [5.74, 6) is 0. The van der Waals surface area contributed by atoms with E-state index in [1.807, 2.05) is 22.9 Å². The van der Waals surface area contributed by atoms with Crippen LogP contribution >= 0.6 is 45.2 Å². The van der Waals surface area contributed by atoms with Crippen LogP contribution in [0.5, 0.6) is 0 Å². The van der Waals surface area contributed by atoms with Gasteiger partial charge in [-0.25, -0.2) is 0 Å². The standard InChI is InChI=1S/BI2N/c2-1-4-3. The Kier molecular flexibility index (Phi) is 5.76. The summed E-state index contributed by atoms with van der Waals surface area (Å²) in [5, 5.41) is 0. The van der Waals surface area contributed by atoms with Gasteiger partial charge in [-0.2, -0.15) is 0 Å². The Bertz CT molecular complexity index is 21.2. The summed E-state index contributed by atoms with van der Waals surface area (Å²) in [6.07, 6.45) is 0. The summed E-state index contributed by atoms with van der Waals surface area (Å²) in [4.78, 5) is 1.71. The molecule has 0 bridgehead atoms. The first kappa shape index (κ1) is 5.32. The first-order chi connectivity index (χ1) is 1.91. The maximum absolute atomic E-state index is 3.57. The second kappa shape index (κ2) is 4.32. The van der Waals surface area contributed by atoms with Gasteiger partial charge in [0, 0.05) is 0 Å². The Morgan fingerprint density at radius 1 is 1.75 bits per heavy atom. The number of nitrogens with zero attached hydrogens (tertiary/aromatic N) is 1. The summed E-state index contributed by atoms with van der Waals surface area (Å²) in [6.45, 7) is 0. The van der Waals surface area contributed by atoms with E-state index < -0.39 is 0 Å². The van der Waals surface area contributed by atoms with Gasteiger partial charge in [-0.15, -0.1) is 0 Å². The predicted octanol–water partition coefficient (Wildman–Crippen LogP) is 1.57. The van der Waals surface area contributed by atoms with Crippen LogP contribution in [0.15, 0.2) is 3.11 Å². The van der Waals surface area contributed by atoms with Crippen LogP contribution in [0.2, 0.25) is 0 Å². The molecule has 0 amide bonds. The van der Waals surface area contributed by atoms with Gasteiger partial charge in [-0.1, -0.05) is 0 Å². The van der Waals surface area contributed by atoms with Crippen LogP contribution in [0.4, 0.5) is 0 Å². The van der Waals surface area contributed by atoms with E-state index in [2.05, 4.69) is 25.5 Å². The summed E-state index contributed by atoms with van der Waals surface area (Å²) < 4.78 is 3.57. The molecule has 0 rings (SSSR count). The molecule has 0 aromatic carbocycles. The summed E-state index contributed by atoms with van der Waals surface area (Å²) >= 11 is 3.97. The van der Waals surface area contributed by atoms with Crippen molar-refractivity contribution in [2.75, 3.05) is 0 Å². The molecule has 22 valence electrons. The van der Waals surface area contributed by atoms with Crippen molar-refractivity contribution in [1.29, 1.82) is 0 Å². The van der Waals surface area contributed by atoms with E-state index in [1.165, 1.54) is 0 Å². The molecular formula is BI2N. The van der Waals surface area contributed by atoms with Gasteiger partial charge in [-0.3, -0.25) is 0 Å². The van der Waals surface area contributed by atoms with Crippen molar-refractivity contribution in [3.63, 3.8) is 0 Å². The summed E-state index contributed by atoms with van der Waals surface area (Å²) in [6, 6.07) is 0. The maximum atomic E-state index is 3.57. The second-order valence-electron chi connectivity index (χ2n) is 0.195. The van der Waals surface area contributed by atoms with Gasteiger partial charge >= 0.3 is 53.3 Å². The Labute approximate surface area is 52.9 Å². The van der Waals surface area contributed by atoms with Gasteiger partial charge in [-0.05, 0) is 0 Å². The molecule has 1 nitrogen and oxygen atoms in total. The molecule has 0 aromatic heterocycles. The molecule has 0 heterocycles. The molecule has 0 atom stereocenters. The quantitative estimate of drug-likeness (QED) is 0.471. The van der Waals surface area contributed by atoms with Crippen molar-refractivity contribution in [2.45, 2.75) is 0 Å². The van der Waals surface area contributed by atoms with Crippen LogP contribution < -0.4 is 0 Å². The van der Waals surface area contributed by atoms with E-state index in [0.29, 0.717) is 0 Å². The van der Waals surface area contributed by atoms with Gasteiger partial charge in [0.05, 0.1) is 0 Å². The molecule has 0 aliphatic rings. The Balaban J connectivity index is 2.55. The van der Waals surface area contributed by atoms with E-state index in [4.69, 9.17) is 0 Å². The van der Waals surface area contributed by atoms with Crippen molar-refractivity contribution in [3.8, 4) is 0 Å². The average Bonchev–Trinajstić information content (AvgIpc) is 1.37. The molecule has 0 aliphatic carbocycles. The van der Waals surface area contributed by atoms with E-state index in [-0.39, 0.29) is 0 Å². The van der Waals surface area contributed by atoms with Gasteiger partial charge in [0.15, 0.2) is 0 Å². The van der Waals surface area contributed by atoms with E-state index in [0.717, 1.165) is 0 Å². The Hall–Kier alpha value is 1.32. The Morgan fingerprint density at radius 2 is 2.00 bits per heavy atom. The van der Waals surface area contributed by atoms with Crippen molar-refractivity contribution in [2.24, 2.45) is 3.11 Å². The van der Waals surface area contributed by atoms with Gasteiger partial charge in [0.1, 0.15) is 0 Å². The molecule has 4 heteroatoms. The summed E-state index contributed by atoms with van der Waals surface area (Å²) in [5.41, 5.74) is 0. The number of hydrogen-bond acceptors (Lipinski definition) is 1. The molecule has 0 saturated carbocycles. The second-order valence-corrected chi connectivity index (χ2v) is 1.31. The fraction of sp³-hybridized carbons (Fsp3) is 0. The van der Waals surface area contributed by atoms with Gasteiger partial charge in [0.2, 0.25) is 0 Å².